The largest absolute Gasteiger partial charge is 0.416 e. The average molecular weight is 296 g/mol. The van der Waals surface area contributed by atoms with Crippen molar-refractivity contribution in [3.05, 3.63) is 28.8 Å². The summed E-state index contributed by atoms with van der Waals surface area (Å²) in [6.07, 6.45) is -3.35. The minimum Gasteiger partial charge on any atom is -0.380 e. The Hall–Kier alpha value is -0.550. The molecule has 1 aliphatic heterocycles. The Labute approximate surface area is 113 Å². The van der Waals surface area contributed by atoms with Gasteiger partial charge in [0.25, 0.3) is 0 Å². The van der Waals surface area contributed by atoms with Gasteiger partial charge < -0.3 is 5.32 Å². The molecule has 1 aromatic rings. The minimum absolute atomic E-state index is 0.120. The van der Waals surface area contributed by atoms with Crippen molar-refractivity contribution in [1.29, 1.82) is 0 Å². The molecule has 2 unspecified atom stereocenters. The fourth-order valence-electron chi connectivity index (χ4n) is 1.95. The lowest BCUT2D eigenvalue weighted by Crippen LogP contribution is -2.19. The number of hydrogen-bond donors (Lipinski definition) is 1. The Kier molecular flexibility index (Phi) is 4.02. The molecule has 18 heavy (non-hydrogen) atoms. The molecule has 100 valence electrons. The van der Waals surface area contributed by atoms with E-state index in [1.54, 1.807) is 0 Å². The van der Waals surface area contributed by atoms with Crippen LogP contribution in [0.2, 0.25) is 5.02 Å². The molecule has 0 aromatic heterocycles. The van der Waals surface area contributed by atoms with Crippen molar-refractivity contribution in [3.63, 3.8) is 0 Å². The van der Waals surface area contributed by atoms with E-state index in [0.717, 1.165) is 24.3 Å². The average Bonchev–Trinajstić information content (AvgIpc) is 2.65. The number of alkyl halides is 3. The van der Waals surface area contributed by atoms with Crippen LogP contribution in [-0.2, 0) is 6.18 Å². The highest BCUT2D eigenvalue weighted by Crippen LogP contribution is 2.35. The Morgan fingerprint density at radius 1 is 1.39 bits per heavy atom. The molecule has 1 heterocycles. The van der Waals surface area contributed by atoms with Gasteiger partial charge in [-0.25, -0.2) is 0 Å². The van der Waals surface area contributed by atoms with Gasteiger partial charge in [-0.3, -0.25) is 0 Å². The smallest absolute Gasteiger partial charge is 0.380 e. The molecular weight excluding hydrogens is 283 g/mol. The van der Waals surface area contributed by atoms with Crippen LogP contribution in [-0.4, -0.2) is 17.0 Å². The fourth-order valence-corrected chi connectivity index (χ4v) is 3.33. The first-order valence-electron chi connectivity index (χ1n) is 5.61. The number of hydrogen-bond acceptors (Lipinski definition) is 2. The van der Waals surface area contributed by atoms with E-state index in [1.807, 2.05) is 11.8 Å². The van der Waals surface area contributed by atoms with Gasteiger partial charge in [-0.05, 0) is 24.6 Å². The van der Waals surface area contributed by atoms with E-state index >= 15 is 0 Å². The lowest BCUT2D eigenvalue weighted by molar-refractivity contribution is -0.137. The maximum Gasteiger partial charge on any atom is 0.416 e. The van der Waals surface area contributed by atoms with E-state index in [4.69, 9.17) is 11.6 Å². The number of halogens is 4. The summed E-state index contributed by atoms with van der Waals surface area (Å²) in [4.78, 5) is 0. The van der Waals surface area contributed by atoms with Crippen molar-refractivity contribution < 1.29 is 13.2 Å². The summed E-state index contributed by atoms with van der Waals surface area (Å²) in [5.41, 5.74) is -0.142. The van der Waals surface area contributed by atoms with Gasteiger partial charge >= 0.3 is 6.18 Å². The second-order valence-corrected chi connectivity index (χ2v) is 6.29. The van der Waals surface area contributed by atoms with Gasteiger partial charge in [-0.2, -0.15) is 24.9 Å². The Balaban J connectivity index is 2.10. The molecule has 1 aliphatic rings. The standard InChI is InChI=1S/C12H13ClF3NS/c1-7-4-9(6-18-7)17-11-3-2-8(5-10(11)13)12(14,15)16/h2-3,5,7,9,17H,4,6H2,1H3. The van der Waals surface area contributed by atoms with Crippen molar-refractivity contribution in [2.75, 3.05) is 11.1 Å². The maximum absolute atomic E-state index is 12.5. The van der Waals surface area contributed by atoms with E-state index < -0.39 is 11.7 Å². The van der Waals surface area contributed by atoms with Crippen LogP contribution >= 0.6 is 23.4 Å². The zero-order valence-corrected chi connectivity index (χ0v) is 11.3. The van der Waals surface area contributed by atoms with E-state index in [-0.39, 0.29) is 11.1 Å². The van der Waals surface area contributed by atoms with Gasteiger partial charge in [0.2, 0.25) is 0 Å². The highest BCUT2D eigenvalue weighted by molar-refractivity contribution is 8.00. The predicted octanol–water partition coefficient (Wildman–Crippen LogP) is 4.66. The zero-order chi connectivity index (χ0) is 13.3. The van der Waals surface area contributed by atoms with Crippen LogP contribution in [0.4, 0.5) is 18.9 Å². The lowest BCUT2D eigenvalue weighted by Gasteiger charge is -2.16. The molecule has 1 aromatic carbocycles. The lowest BCUT2D eigenvalue weighted by atomic mass is 10.1. The van der Waals surface area contributed by atoms with Crippen LogP contribution in [0.25, 0.3) is 0 Å². The first-order chi connectivity index (χ1) is 8.36. The van der Waals surface area contributed by atoms with E-state index in [2.05, 4.69) is 12.2 Å². The monoisotopic (exact) mass is 295 g/mol. The number of thioether (sulfide) groups is 1. The molecule has 0 aliphatic carbocycles. The highest BCUT2D eigenvalue weighted by atomic mass is 35.5. The number of benzene rings is 1. The quantitative estimate of drug-likeness (QED) is 0.851. The second-order valence-electron chi connectivity index (χ2n) is 4.41. The van der Waals surface area contributed by atoms with E-state index in [9.17, 15) is 13.2 Å². The van der Waals surface area contributed by atoms with Gasteiger partial charge in [0.05, 0.1) is 16.3 Å². The molecule has 0 bridgehead atoms. The van der Waals surface area contributed by atoms with Crippen LogP contribution in [0, 0.1) is 0 Å². The van der Waals surface area contributed by atoms with E-state index in [1.165, 1.54) is 6.07 Å². The van der Waals surface area contributed by atoms with Crippen molar-refractivity contribution in [2.24, 2.45) is 0 Å². The van der Waals surface area contributed by atoms with Gasteiger partial charge in [0, 0.05) is 17.0 Å². The summed E-state index contributed by atoms with van der Waals surface area (Å²) in [6.45, 7) is 2.14. The molecular formula is C12H13ClF3NS. The number of nitrogens with one attached hydrogen (secondary N) is 1. The molecule has 2 rings (SSSR count). The number of rotatable bonds is 2. The zero-order valence-electron chi connectivity index (χ0n) is 9.72. The predicted molar refractivity (Wildman–Crippen MR) is 70.4 cm³/mol. The van der Waals surface area contributed by atoms with Gasteiger partial charge in [-0.15, -0.1) is 0 Å². The third-order valence-corrected chi connectivity index (χ3v) is 4.52. The Morgan fingerprint density at radius 3 is 2.61 bits per heavy atom. The molecule has 1 nitrogen and oxygen atoms in total. The van der Waals surface area contributed by atoms with Crippen LogP contribution in [0.15, 0.2) is 18.2 Å². The molecule has 0 saturated carbocycles. The summed E-state index contributed by atoms with van der Waals surface area (Å²) in [5, 5.41) is 3.90. The second kappa shape index (κ2) is 5.21. The van der Waals surface area contributed by atoms with Crippen molar-refractivity contribution in [2.45, 2.75) is 30.8 Å². The van der Waals surface area contributed by atoms with Crippen molar-refractivity contribution in [1.82, 2.24) is 0 Å². The van der Waals surface area contributed by atoms with Gasteiger partial charge in [0.1, 0.15) is 0 Å². The highest BCUT2D eigenvalue weighted by Gasteiger charge is 2.31. The molecule has 1 saturated heterocycles. The summed E-state index contributed by atoms with van der Waals surface area (Å²) in [7, 11) is 0. The summed E-state index contributed by atoms with van der Waals surface area (Å²) in [6, 6.07) is 3.70. The Bertz CT molecular complexity index is 436. The maximum atomic E-state index is 12.5. The summed E-state index contributed by atoms with van der Waals surface area (Å²) >= 11 is 7.73. The third-order valence-electron chi connectivity index (χ3n) is 2.85. The first kappa shape index (κ1) is 13.9. The number of anilines is 1. The van der Waals surface area contributed by atoms with Crippen LogP contribution in [0.3, 0.4) is 0 Å². The third kappa shape index (κ3) is 3.26. The molecule has 1 fully saturated rings. The van der Waals surface area contributed by atoms with Crippen molar-refractivity contribution >= 4 is 29.1 Å². The molecule has 0 radical (unpaired) electrons. The van der Waals surface area contributed by atoms with Crippen LogP contribution in [0.5, 0.6) is 0 Å². The topological polar surface area (TPSA) is 12.0 Å². The molecule has 0 amide bonds. The minimum atomic E-state index is -4.35. The summed E-state index contributed by atoms with van der Waals surface area (Å²) in [5.74, 6) is 0.957. The SMILES string of the molecule is CC1CC(Nc2ccc(C(F)(F)F)cc2Cl)CS1. The molecule has 1 N–H and O–H groups in total. The van der Waals surface area contributed by atoms with E-state index in [0.29, 0.717) is 10.9 Å². The first-order valence-corrected chi connectivity index (χ1v) is 7.04. The van der Waals surface area contributed by atoms with Crippen LogP contribution < -0.4 is 5.32 Å². The fraction of sp³-hybridized carbons (Fsp3) is 0.500. The van der Waals surface area contributed by atoms with Crippen molar-refractivity contribution in [3.8, 4) is 0 Å². The van der Waals surface area contributed by atoms with Gasteiger partial charge in [-0.1, -0.05) is 18.5 Å². The molecule has 2 atom stereocenters. The van der Waals surface area contributed by atoms with Crippen LogP contribution in [0.1, 0.15) is 18.9 Å². The summed E-state index contributed by atoms with van der Waals surface area (Å²) < 4.78 is 37.4. The Morgan fingerprint density at radius 2 is 2.11 bits per heavy atom. The molecule has 0 spiro atoms. The molecule has 6 heteroatoms. The normalized spacial score (nSPS) is 24.3. The van der Waals surface area contributed by atoms with Gasteiger partial charge in [0.15, 0.2) is 0 Å².